The number of ketones is 1. The van der Waals surface area contributed by atoms with Gasteiger partial charge in [0.15, 0.2) is 5.78 Å². The summed E-state index contributed by atoms with van der Waals surface area (Å²) in [5.41, 5.74) is 1.18. The van der Waals surface area contributed by atoms with Crippen LogP contribution in [-0.2, 0) is 30.4 Å². The molecule has 0 saturated heterocycles. The van der Waals surface area contributed by atoms with Gasteiger partial charge < -0.3 is 21.3 Å². The molecule has 20 heteroatoms. The third-order valence-electron chi connectivity index (χ3n) is 7.77. The highest BCUT2D eigenvalue weighted by Gasteiger charge is 2.27. The zero-order chi connectivity index (χ0) is 39.7. The van der Waals surface area contributed by atoms with Crippen molar-refractivity contribution in [1.82, 2.24) is 0 Å². The summed E-state index contributed by atoms with van der Waals surface area (Å²) in [4.78, 5) is 47.6. The summed E-state index contributed by atoms with van der Waals surface area (Å²) in [6, 6.07) is 18.1. The molecule has 54 heavy (non-hydrogen) atoms. The van der Waals surface area contributed by atoms with Crippen LogP contribution in [0.1, 0.15) is 43.6 Å². The molecule has 0 spiro atoms. The van der Waals surface area contributed by atoms with Gasteiger partial charge in [0.2, 0.25) is 0 Å². The van der Waals surface area contributed by atoms with Crippen LogP contribution in [0.3, 0.4) is 0 Å². The molecule has 5 aromatic carbocycles. The van der Waals surface area contributed by atoms with Gasteiger partial charge >= 0.3 is 6.03 Å². The number of amides is 4. The Labute approximate surface area is 307 Å². The molecule has 0 atom stereocenters. The van der Waals surface area contributed by atoms with Crippen LogP contribution in [0.4, 0.5) is 27.5 Å². The van der Waals surface area contributed by atoms with Crippen LogP contribution in [0.15, 0.2) is 106 Å². The zero-order valence-corrected chi connectivity index (χ0v) is 30.3. The van der Waals surface area contributed by atoms with Crippen LogP contribution in [0.5, 0.6) is 0 Å². The number of nitrogens with one attached hydrogen (secondary N) is 4. The van der Waals surface area contributed by atoms with Gasteiger partial charge in [0.1, 0.15) is 9.79 Å². The van der Waals surface area contributed by atoms with E-state index in [1.165, 1.54) is 55.5 Å². The number of rotatable bonds is 10. The summed E-state index contributed by atoms with van der Waals surface area (Å²) in [6.45, 7) is 3.01. The fourth-order valence-corrected chi connectivity index (χ4v) is 7.25. The van der Waals surface area contributed by atoms with Gasteiger partial charge in [0, 0.05) is 44.5 Å². The van der Waals surface area contributed by atoms with Gasteiger partial charge in [-0.3, -0.25) is 28.0 Å². The maximum absolute atomic E-state index is 13.5. The highest BCUT2D eigenvalue weighted by atomic mass is 32.2. The normalized spacial score (nSPS) is 11.8. The number of urea groups is 1. The van der Waals surface area contributed by atoms with Gasteiger partial charge in [-0.25, -0.2) is 4.79 Å². The largest absolute Gasteiger partial charge is 0.323 e. The average molecular weight is 797 g/mol. The second-order valence-electron chi connectivity index (χ2n) is 11.6. The van der Waals surface area contributed by atoms with Crippen LogP contribution in [0.2, 0.25) is 0 Å². The number of anilines is 4. The first-order valence-corrected chi connectivity index (χ1v) is 19.5. The van der Waals surface area contributed by atoms with E-state index in [2.05, 4.69) is 21.3 Å². The number of carbonyl (C=O) groups excluding carboxylic acids is 4. The van der Waals surface area contributed by atoms with E-state index in [4.69, 9.17) is 0 Å². The van der Waals surface area contributed by atoms with Crippen molar-refractivity contribution < 1.29 is 58.1 Å². The lowest BCUT2D eigenvalue weighted by Crippen LogP contribution is -2.20. The van der Waals surface area contributed by atoms with Crippen LogP contribution >= 0.6 is 0 Å². The quantitative estimate of drug-likeness (QED) is 0.0704. The maximum atomic E-state index is 13.5. The molecule has 17 nitrogen and oxygen atoms in total. The molecule has 5 rings (SSSR count). The highest BCUT2D eigenvalue weighted by molar-refractivity contribution is 7.87. The highest BCUT2D eigenvalue weighted by Crippen LogP contribution is 2.37. The minimum absolute atomic E-state index is 0.105. The Hall–Kier alpha value is -6.03. The van der Waals surface area contributed by atoms with Gasteiger partial charge in [0.25, 0.3) is 42.2 Å². The van der Waals surface area contributed by atoms with Crippen LogP contribution in [0, 0.1) is 6.92 Å². The first kappa shape index (κ1) is 39.2. The van der Waals surface area contributed by atoms with Crippen molar-refractivity contribution in [3.8, 4) is 0 Å². The van der Waals surface area contributed by atoms with Crippen molar-refractivity contribution in [2.45, 2.75) is 28.5 Å². The van der Waals surface area contributed by atoms with Crippen molar-refractivity contribution >= 4 is 87.5 Å². The SMILES string of the molecule is CC(=O)c1cccc(NC(=O)Nc2cccc(C(=O)Nc3cc(C(=O)Nc4ccc(S(=O)(=O)O)c5cc(S(=O)(=O)O)cc(S(=O)(=O)O)c45)ccc3C)c2)c1. The number of carbonyl (C=O) groups is 4. The second-order valence-corrected chi connectivity index (χ2v) is 15.8. The summed E-state index contributed by atoms with van der Waals surface area (Å²) in [5, 5.41) is 8.70. The van der Waals surface area contributed by atoms with E-state index in [9.17, 15) is 58.1 Å². The summed E-state index contributed by atoms with van der Waals surface area (Å²) in [7, 11) is -15.7. The Morgan fingerprint density at radius 1 is 0.537 bits per heavy atom. The molecule has 0 unspecified atom stereocenters. The number of aryl methyl sites for hydroxylation is 1. The number of hydrogen-bond donors (Lipinski definition) is 7. The van der Waals surface area contributed by atoms with Crippen molar-refractivity contribution in [3.05, 3.63) is 113 Å². The third-order valence-corrected chi connectivity index (χ3v) is 10.4. The third kappa shape index (κ3) is 8.94. The lowest BCUT2D eigenvalue weighted by molar-refractivity contribution is 0.101. The van der Waals surface area contributed by atoms with Gasteiger partial charge in [0.05, 0.1) is 10.6 Å². The molecule has 0 aliphatic carbocycles. The molecule has 0 bridgehead atoms. The van der Waals surface area contributed by atoms with Crippen molar-refractivity contribution in [2.75, 3.05) is 21.3 Å². The van der Waals surface area contributed by atoms with Crippen LogP contribution in [-0.4, -0.2) is 62.5 Å². The topological polar surface area (TPSA) is 280 Å². The predicted molar refractivity (Wildman–Crippen MR) is 196 cm³/mol. The molecule has 0 aliphatic heterocycles. The Kier molecular flexibility index (Phi) is 10.7. The van der Waals surface area contributed by atoms with Crippen molar-refractivity contribution in [3.63, 3.8) is 0 Å². The summed E-state index contributed by atoms with van der Waals surface area (Å²) in [5.74, 6) is -1.78. The smallest absolute Gasteiger partial charge is 0.322 e. The van der Waals surface area contributed by atoms with Crippen LogP contribution < -0.4 is 21.3 Å². The van der Waals surface area contributed by atoms with Gasteiger partial charge in [-0.2, -0.15) is 25.3 Å². The number of Topliss-reactive ketones (excluding diaryl/α,β-unsaturated/α-hetero) is 1. The number of hydrogen-bond acceptors (Lipinski definition) is 10. The van der Waals surface area contributed by atoms with Gasteiger partial charge in [-0.1, -0.05) is 24.3 Å². The van der Waals surface area contributed by atoms with E-state index < -0.39 is 79.3 Å². The molecule has 0 heterocycles. The molecule has 0 aromatic heterocycles. The first-order chi connectivity index (χ1) is 25.1. The molecule has 4 amide bonds. The van der Waals surface area contributed by atoms with Crippen molar-refractivity contribution in [2.24, 2.45) is 0 Å². The van der Waals surface area contributed by atoms with Gasteiger partial charge in [-0.05, 0) is 86.1 Å². The van der Waals surface area contributed by atoms with E-state index in [0.717, 1.165) is 12.1 Å². The standard InChI is InChI=1S/C34H28N4O13S3/c1-18-9-10-22(15-28(18)38-32(40)21-6-4-8-24(14-21)36-34(42)35-23-7-3-5-20(13-23)19(2)39)33(41)37-27-11-12-29(53(46,47)48)26-16-25(52(43,44)45)17-30(31(26)27)54(49,50)51/h3-17H,1-2H3,(H,37,41)(H,38,40)(H2,35,36,42)(H,43,44,45)(H,46,47,48)(H,49,50,51). The molecule has 5 aromatic rings. The summed E-state index contributed by atoms with van der Waals surface area (Å²) < 4.78 is 102. The number of benzene rings is 5. The molecular formula is C34H28N4O13S3. The molecule has 280 valence electrons. The zero-order valence-electron chi connectivity index (χ0n) is 27.8. The fourth-order valence-electron chi connectivity index (χ4n) is 5.21. The van der Waals surface area contributed by atoms with Gasteiger partial charge in [-0.15, -0.1) is 0 Å². The van der Waals surface area contributed by atoms with Crippen LogP contribution in [0.25, 0.3) is 10.8 Å². The van der Waals surface area contributed by atoms with E-state index in [1.807, 2.05) is 0 Å². The van der Waals surface area contributed by atoms with E-state index >= 15 is 0 Å². The Morgan fingerprint density at radius 2 is 1.07 bits per heavy atom. The minimum atomic E-state index is -5.37. The summed E-state index contributed by atoms with van der Waals surface area (Å²) >= 11 is 0. The Bertz CT molecular complexity index is 2750. The first-order valence-electron chi connectivity index (χ1n) is 15.2. The lowest BCUT2D eigenvalue weighted by atomic mass is 10.1. The molecule has 0 aliphatic rings. The molecular weight excluding hydrogens is 769 g/mol. The van der Waals surface area contributed by atoms with E-state index in [1.54, 1.807) is 25.1 Å². The predicted octanol–water partition coefficient (Wildman–Crippen LogP) is 5.24. The Morgan fingerprint density at radius 3 is 1.63 bits per heavy atom. The lowest BCUT2D eigenvalue weighted by Gasteiger charge is -2.16. The Balaban J connectivity index is 1.41. The van der Waals surface area contributed by atoms with Crippen molar-refractivity contribution in [1.29, 1.82) is 0 Å². The maximum Gasteiger partial charge on any atom is 0.323 e. The summed E-state index contributed by atoms with van der Waals surface area (Å²) in [6.07, 6.45) is 0. The molecule has 7 N–H and O–H groups in total. The number of fused-ring (bicyclic) bond motifs is 1. The minimum Gasteiger partial charge on any atom is -0.322 e. The van der Waals surface area contributed by atoms with E-state index in [0.29, 0.717) is 28.9 Å². The average Bonchev–Trinajstić information content (AvgIpc) is 3.07. The molecule has 0 radical (unpaired) electrons. The monoisotopic (exact) mass is 796 g/mol. The molecule has 0 saturated carbocycles. The fraction of sp³-hybridized carbons (Fsp3) is 0.0588. The second kappa shape index (κ2) is 14.8. The van der Waals surface area contributed by atoms with E-state index in [-0.39, 0.29) is 28.3 Å². The molecule has 0 fully saturated rings.